The van der Waals surface area contributed by atoms with Crippen molar-refractivity contribution in [3.8, 4) is 0 Å². The molecule has 3 N–H and O–H groups in total. The molecule has 2 amide bonds. The number of pyridine rings is 1. The molecule has 1 aromatic heterocycles. The van der Waals surface area contributed by atoms with Crippen LogP contribution in [0.5, 0.6) is 0 Å². The summed E-state index contributed by atoms with van der Waals surface area (Å²) in [6, 6.07) is 0.574. The van der Waals surface area contributed by atoms with Crippen molar-refractivity contribution in [2.75, 3.05) is 17.2 Å². The Morgan fingerprint density at radius 2 is 2.00 bits per heavy atom. The summed E-state index contributed by atoms with van der Waals surface area (Å²) in [7, 11) is 0. The van der Waals surface area contributed by atoms with Gasteiger partial charge in [0.05, 0.1) is 6.54 Å². The van der Waals surface area contributed by atoms with Crippen LogP contribution < -0.4 is 16.0 Å². The fourth-order valence-electron chi connectivity index (χ4n) is 1.78. The second kappa shape index (κ2) is 4.15. The van der Waals surface area contributed by atoms with Crippen molar-refractivity contribution in [1.29, 1.82) is 0 Å². The quantitative estimate of drug-likeness (QED) is 0.711. The van der Waals surface area contributed by atoms with Crippen LogP contribution in [0, 0.1) is 11.6 Å². The van der Waals surface area contributed by atoms with Crippen LogP contribution in [0.25, 0.3) is 0 Å². The molecule has 2 heterocycles. The molecular weight excluding hydrogens is 258 g/mol. The first kappa shape index (κ1) is 13.2. The van der Waals surface area contributed by atoms with Crippen molar-refractivity contribution in [3.05, 3.63) is 17.7 Å². The molecule has 0 aliphatic carbocycles. The number of piperazine rings is 1. The number of nitrogens with one attached hydrogen (secondary N) is 1. The molecule has 8 heteroatoms. The van der Waals surface area contributed by atoms with Gasteiger partial charge in [-0.3, -0.25) is 14.9 Å². The van der Waals surface area contributed by atoms with Gasteiger partial charge in [0.25, 0.3) is 5.91 Å². The van der Waals surface area contributed by atoms with E-state index in [0.717, 1.165) is 4.90 Å². The van der Waals surface area contributed by atoms with E-state index in [-0.39, 0.29) is 12.4 Å². The highest BCUT2D eigenvalue weighted by molar-refractivity contribution is 6.06. The lowest BCUT2D eigenvalue weighted by Gasteiger charge is -2.40. The summed E-state index contributed by atoms with van der Waals surface area (Å²) in [5.74, 6) is -3.98. The molecule has 0 saturated carbocycles. The van der Waals surface area contributed by atoms with Crippen molar-refractivity contribution in [3.63, 3.8) is 0 Å². The summed E-state index contributed by atoms with van der Waals surface area (Å²) in [5.41, 5.74) is 4.09. The van der Waals surface area contributed by atoms with E-state index in [1.165, 1.54) is 13.8 Å². The summed E-state index contributed by atoms with van der Waals surface area (Å²) in [6.45, 7) is 2.72. The van der Waals surface area contributed by atoms with E-state index in [1.54, 1.807) is 0 Å². The Kier molecular flexibility index (Phi) is 2.88. The molecule has 6 nitrogen and oxygen atoms in total. The topological polar surface area (TPSA) is 88.3 Å². The number of anilines is 2. The molecule has 102 valence electrons. The molecule has 19 heavy (non-hydrogen) atoms. The minimum Gasteiger partial charge on any atom is -0.381 e. The zero-order chi connectivity index (χ0) is 14.4. The molecule has 2 rings (SSSR count). The molecule has 1 fully saturated rings. The van der Waals surface area contributed by atoms with Gasteiger partial charge in [0.1, 0.15) is 5.54 Å². The Bertz CT molecular complexity index is 574. The third-order valence-electron chi connectivity index (χ3n) is 2.98. The predicted molar refractivity (Wildman–Crippen MR) is 63.1 cm³/mol. The number of nitrogen functional groups attached to an aromatic ring is 1. The highest BCUT2D eigenvalue weighted by Gasteiger charge is 2.42. The maximum Gasteiger partial charge on any atom is 0.251 e. The number of nitrogens with zero attached hydrogens (tertiary/aromatic N) is 2. The number of aromatic nitrogens is 1. The van der Waals surface area contributed by atoms with Crippen molar-refractivity contribution in [2.24, 2.45) is 0 Å². The maximum atomic E-state index is 13.8. The van der Waals surface area contributed by atoms with Crippen LogP contribution in [0.15, 0.2) is 6.07 Å². The molecule has 0 unspecified atom stereocenters. The minimum atomic E-state index is -1.20. The molecule has 0 atom stereocenters. The molecule has 1 aromatic rings. The highest BCUT2D eigenvalue weighted by Crippen LogP contribution is 2.28. The summed E-state index contributed by atoms with van der Waals surface area (Å²) >= 11 is 0. The summed E-state index contributed by atoms with van der Waals surface area (Å²) < 4.78 is 26.9. The standard InChI is InChI=1S/C11H12F2N4O2/c1-11(2)10(19)15-7(18)4-17(11)9-6(13)3-5(12)8(14)16-9/h3H,4H2,1-2H3,(H2,14,16)(H,15,18,19). The van der Waals surface area contributed by atoms with Crippen molar-refractivity contribution in [2.45, 2.75) is 19.4 Å². The molecule has 1 aliphatic heterocycles. The highest BCUT2D eigenvalue weighted by atomic mass is 19.1. The summed E-state index contributed by atoms with van der Waals surface area (Å²) in [4.78, 5) is 27.9. The molecule has 0 aromatic carbocycles. The van der Waals surface area contributed by atoms with Gasteiger partial charge >= 0.3 is 0 Å². The zero-order valence-electron chi connectivity index (χ0n) is 10.3. The van der Waals surface area contributed by atoms with Gasteiger partial charge in [-0.25, -0.2) is 13.8 Å². The molecular formula is C11H12F2N4O2. The van der Waals surface area contributed by atoms with Crippen LogP contribution >= 0.6 is 0 Å². The van der Waals surface area contributed by atoms with Crippen LogP contribution in [0.2, 0.25) is 0 Å². The van der Waals surface area contributed by atoms with Crippen LogP contribution in [0.3, 0.4) is 0 Å². The molecule has 0 bridgehead atoms. The second-order valence-electron chi connectivity index (χ2n) is 4.68. The van der Waals surface area contributed by atoms with E-state index in [0.29, 0.717) is 6.07 Å². The van der Waals surface area contributed by atoms with Crippen LogP contribution in [0.1, 0.15) is 13.8 Å². The van der Waals surface area contributed by atoms with Crippen LogP contribution in [-0.2, 0) is 9.59 Å². The van der Waals surface area contributed by atoms with E-state index in [2.05, 4.69) is 10.3 Å². The number of hydrogen-bond acceptors (Lipinski definition) is 5. The van der Waals surface area contributed by atoms with Gasteiger partial charge in [-0.15, -0.1) is 0 Å². The van der Waals surface area contributed by atoms with E-state index in [4.69, 9.17) is 5.73 Å². The number of carbonyl (C=O) groups is 2. The molecule has 1 aliphatic rings. The van der Waals surface area contributed by atoms with Gasteiger partial charge in [-0.2, -0.15) is 0 Å². The first-order chi connectivity index (χ1) is 8.73. The number of hydrogen-bond donors (Lipinski definition) is 2. The summed E-state index contributed by atoms with van der Waals surface area (Å²) in [5, 5.41) is 2.14. The average molecular weight is 270 g/mol. The van der Waals surface area contributed by atoms with Gasteiger partial charge in [0.2, 0.25) is 5.91 Å². The van der Waals surface area contributed by atoms with Gasteiger partial charge in [-0.05, 0) is 13.8 Å². The van der Waals surface area contributed by atoms with Crippen LogP contribution in [-0.4, -0.2) is 28.9 Å². The number of carbonyl (C=O) groups excluding carboxylic acids is 2. The van der Waals surface area contributed by atoms with Gasteiger partial charge in [0.15, 0.2) is 23.3 Å². The Morgan fingerprint density at radius 3 is 2.63 bits per heavy atom. The minimum absolute atomic E-state index is 0.270. The largest absolute Gasteiger partial charge is 0.381 e. The normalized spacial score (nSPS) is 18.4. The van der Waals surface area contributed by atoms with Crippen molar-refractivity contribution >= 4 is 23.5 Å². The van der Waals surface area contributed by atoms with E-state index in [1.807, 2.05) is 0 Å². The Balaban J connectivity index is 2.53. The lowest BCUT2D eigenvalue weighted by Crippen LogP contribution is -2.64. The Hall–Kier alpha value is -2.25. The van der Waals surface area contributed by atoms with E-state index in [9.17, 15) is 18.4 Å². The Labute approximate surface area is 107 Å². The average Bonchev–Trinajstić information content (AvgIpc) is 2.29. The van der Waals surface area contributed by atoms with E-state index < -0.39 is 34.8 Å². The number of rotatable bonds is 1. The third kappa shape index (κ3) is 2.09. The number of amides is 2. The summed E-state index contributed by atoms with van der Waals surface area (Å²) in [6.07, 6.45) is 0. The van der Waals surface area contributed by atoms with E-state index >= 15 is 0 Å². The maximum absolute atomic E-state index is 13.8. The van der Waals surface area contributed by atoms with Gasteiger partial charge in [0, 0.05) is 6.07 Å². The van der Waals surface area contributed by atoms with Crippen LogP contribution in [0.4, 0.5) is 20.4 Å². The first-order valence-electron chi connectivity index (χ1n) is 5.47. The SMILES string of the molecule is CC1(C)C(=O)NC(=O)CN1c1nc(N)c(F)cc1F. The predicted octanol–water partition coefficient (Wildman–Crippen LogP) is 0.183. The fourth-order valence-corrected chi connectivity index (χ4v) is 1.78. The number of imide groups is 1. The molecule has 0 spiro atoms. The Morgan fingerprint density at radius 1 is 1.37 bits per heavy atom. The first-order valence-corrected chi connectivity index (χ1v) is 5.47. The number of nitrogens with two attached hydrogens (primary N) is 1. The van der Waals surface area contributed by atoms with Gasteiger partial charge < -0.3 is 10.6 Å². The van der Waals surface area contributed by atoms with Crippen molar-refractivity contribution < 1.29 is 18.4 Å². The smallest absolute Gasteiger partial charge is 0.251 e. The zero-order valence-corrected chi connectivity index (χ0v) is 10.3. The number of halogens is 2. The molecule has 0 radical (unpaired) electrons. The lowest BCUT2D eigenvalue weighted by molar-refractivity contribution is -0.135. The molecule has 1 saturated heterocycles. The van der Waals surface area contributed by atoms with Crippen molar-refractivity contribution in [1.82, 2.24) is 10.3 Å². The monoisotopic (exact) mass is 270 g/mol. The lowest BCUT2D eigenvalue weighted by atomic mass is 9.98. The fraction of sp³-hybridized carbons (Fsp3) is 0.364. The second-order valence-corrected chi connectivity index (χ2v) is 4.68. The van der Waals surface area contributed by atoms with Gasteiger partial charge in [-0.1, -0.05) is 0 Å². The third-order valence-corrected chi connectivity index (χ3v) is 2.98.